The summed E-state index contributed by atoms with van der Waals surface area (Å²) < 4.78 is 0. The molecular formula is C19H17N3O. The fourth-order valence-electron chi connectivity index (χ4n) is 4.09. The van der Waals surface area contributed by atoms with Crippen LogP contribution in [-0.2, 0) is 6.42 Å². The number of H-pyrrole nitrogens is 1. The number of hydrogen-bond donors (Lipinski definition) is 1. The van der Waals surface area contributed by atoms with Crippen LogP contribution >= 0.6 is 0 Å². The maximum absolute atomic E-state index is 12.8. The van der Waals surface area contributed by atoms with Gasteiger partial charge < -0.3 is 9.88 Å². The molecule has 0 radical (unpaired) electrons. The van der Waals surface area contributed by atoms with Crippen LogP contribution in [-0.4, -0.2) is 29.5 Å². The molecule has 0 spiro atoms. The number of rotatable bonds is 0. The van der Waals surface area contributed by atoms with Gasteiger partial charge in [-0.1, -0.05) is 36.4 Å². The van der Waals surface area contributed by atoms with E-state index in [1.807, 2.05) is 24.1 Å². The Hall–Kier alpha value is -2.75. The minimum Gasteiger partial charge on any atom is -0.356 e. The van der Waals surface area contributed by atoms with E-state index >= 15 is 0 Å². The van der Waals surface area contributed by atoms with Crippen LogP contribution in [0.4, 0.5) is 10.5 Å². The van der Waals surface area contributed by atoms with Crippen molar-refractivity contribution >= 4 is 22.6 Å². The fraction of sp³-hybridized carbons (Fsp3) is 0.211. The van der Waals surface area contributed by atoms with Gasteiger partial charge in [0.1, 0.15) is 6.04 Å². The smallest absolute Gasteiger partial charge is 0.325 e. The number of aromatic nitrogens is 1. The van der Waals surface area contributed by atoms with Crippen molar-refractivity contribution in [3.8, 4) is 0 Å². The van der Waals surface area contributed by atoms with Crippen LogP contribution in [0.1, 0.15) is 22.9 Å². The lowest BCUT2D eigenvalue weighted by Crippen LogP contribution is -2.50. The Kier molecular flexibility index (Phi) is 2.43. The van der Waals surface area contributed by atoms with E-state index in [4.69, 9.17) is 0 Å². The number of para-hydroxylation sites is 2. The van der Waals surface area contributed by atoms with Gasteiger partial charge >= 0.3 is 6.03 Å². The number of urea groups is 1. The zero-order chi connectivity index (χ0) is 15.6. The molecule has 114 valence electrons. The second-order valence-corrected chi connectivity index (χ2v) is 6.31. The standard InChI is InChI=1S/C19H17N3O/c1-21-16-9-5-3-7-14(16)18-17-13(10-11-22(18)19(21)23)12-6-2-4-8-15(12)20-17/h2-9,18,20H,10-11H2,1H3. The summed E-state index contributed by atoms with van der Waals surface area (Å²) in [5.41, 5.74) is 5.89. The van der Waals surface area contributed by atoms with E-state index in [-0.39, 0.29) is 12.1 Å². The highest BCUT2D eigenvalue weighted by Crippen LogP contribution is 2.44. The molecule has 5 rings (SSSR count). The van der Waals surface area contributed by atoms with Gasteiger partial charge in [0, 0.05) is 35.8 Å². The highest BCUT2D eigenvalue weighted by molar-refractivity contribution is 5.96. The molecule has 0 fully saturated rings. The monoisotopic (exact) mass is 303 g/mol. The topological polar surface area (TPSA) is 39.3 Å². The Labute approximate surface area is 134 Å². The molecule has 4 nitrogen and oxygen atoms in total. The van der Waals surface area contributed by atoms with Crippen LogP contribution in [0.25, 0.3) is 10.9 Å². The Morgan fingerprint density at radius 1 is 1.09 bits per heavy atom. The van der Waals surface area contributed by atoms with E-state index in [0.717, 1.165) is 24.2 Å². The SMILES string of the molecule is CN1C(=O)N2CCc3c([nH]c4ccccc34)C2c2ccccc21. The lowest BCUT2D eigenvalue weighted by Gasteiger charge is -2.43. The van der Waals surface area contributed by atoms with Gasteiger partial charge in [0.15, 0.2) is 0 Å². The number of carbonyl (C=O) groups is 1. The fourth-order valence-corrected chi connectivity index (χ4v) is 4.09. The van der Waals surface area contributed by atoms with Gasteiger partial charge in [-0.25, -0.2) is 4.79 Å². The summed E-state index contributed by atoms with van der Waals surface area (Å²) in [6.07, 6.45) is 0.900. The van der Waals surface area contributed by atoms with Crippen molar-refractivity contribution in [2.24, 2.45) is 0 Å². The first-order valence-corrected chi connectivity index (χ1v) is 7.98. The summed E-state index contributed by atoms with van der Waals surface area (Å²) in [4.78, 5) is 20.1. The second-order valence-electron chi connectivity index (χ2n) is 6.31. The van der Waals surface area contributed by atoms with Crippen molar-refractivity contribution in [2.45, 2.75) is 12.5 Å². The lowest BCUT2D eigenvalue weighted by atomic mass is 9.90. The van der Waals surface area contributed by atoms with Crippen LogP contribution in [0.3, 0.4) is 0 Å². The molecule has 1 aromatic heterocycles. The van der Waals surface area contributed by atoms with Gasteiger partial charge in [-0.3, -0.25) is 4.90 Å². The Bertz CT molecular complexity index is 943. The zero-order valence-electron chi connectivity index (χ0n) is 12.9. The Morgan fingerprint density at radius 3 is 2.78 bits per heavy atom. The third-order valence-electron chi connectivity index (χ3n) is 5.16. The lowest BCUT2D eigenvalue weighted by molar-refractivity contribution is 0.183. The zero-order valence-corrected chi connectivity index (χ0v) is 12.9. The minimum absolute atomic E-state index is 0.00829. The molecular weight excluding hydrogens is 286 g/mol. The summed E-state index contributed by atoms with van der Waals surface area (Å²) >= 11 is 0. The third-order valence-corrected chi connectivity index (χ3v) is 5.16. The first kappa shape index (κ1) is 12.8. The molecule has 4 heteroatoms. The van der Waals surface area contributed by atoms with Gasteiger partial charge in [-0.15, -0.1) is 0 Å². The van der Waals surface area contributed by atoms with Gasteiger partial charge in [-0.2, -0.15) is 0 Å². The number of nitrogens with zero attached hydrogens (tertiary/aromatic N) is 2. The summed E-state index contributed by atoms with van der Waals surface area (Å²) in [5, 5.41) is 1.28. The molecule has 2 aromatic carbocycles. The van der Waals surface area contributed by atoms with Crippen LogP contribution in [0, 0.1) is 0 Å². The second kappa shape index (κ2) is 4.38. The molecule has 0 saturated heterocycles. The molecule has 1 N–H and O–H groups in total. The van der Waals surface area contributed by atoms with Crippen molar-refractivity contribution in [3.63, 3.8) is 0 Å². The average Bonchev–Trinajstić information content (AvgIpc) is 2.98. The summed E-state index contributed by atoms with van der Waals surface area (Å²) in [7, 11) is 1.86. The number of carbonyl (C=O) groups excluding carboxylic acids is 1. The Morgan fingerprint density at radius 2 is 1.87 bits per heavy atom. The van der Waals surface area contributed by atoms with Crippen molar-refractivity contribution in [3.05, 3.63) is 65.4 Å². The van der Waals surface area contributed by atoms with Crippen molar-refractivity contribution in [1.29, 1.82) is 0 Å². The molecule has 1 unspecified atom stereocenters. The highest BCUT2D eigenvalue weighted by Gasteiger charge is 2.41. The molecule has 2 aliphatic rings. The summed E-state index contributed by atoms with van der Waals surface area (Å²) in [6, 6.07) is 16.7. The first-order chi connectivity index (χ1) is 11.3. The number of amides is 2. The number of fused-ring (bicyclic) bond motifs is 7. The molecule has 0 saturated carbocycles. The molecule has 2 amide bonds. The van der Waals surface area contributed by atoms with Gasteiger partial charge in [-0.05, 0) is 24.1 Å². The van der Waals surface area contributed by atoms with Gasteiger partial charge in [0.2, 0.25) is 0 Å². The van der Waals surface area contributed by atoms with Gasteiger partial charge in [0.05, 0.1) is 5.69 Å². The van der Waals surface area contributed by atoms with Crippen molar-refractivity contribution in [2.75, 3.05) is 18.5 Å². The van der Waals surface area contributed by atoms with E-state index in [0.29, 0.717) is 0 Å². The predicted molar refractivity (Wildman–Crippen MR) is 90.8 cm³/mol. The van der Waals surface area contributed by atoms with E-state index in [1.165, 1.54) is 22.2 Å². The molecule has 0 aliphatic carbocycles. The quantitative estimate of drug-likeness (QED) is 0.676. The molecule has 3 aromatic rings. The van der Waals surface area contributed by atoms with Crippen LogP contribution in [0.15, 0.2) is 48.5 Å². The maximum atomic E-state index is 12.8. The van der Waals surface area contributed by atoms with E-state index < -0.39 is 0 Å². The normalized spacial score (nSPS) is 19.5. The number of anilines is 1. The van der Waals surface area contributed by atoms with E-state index in [1.54, 1.807) is 4.90 Å². The number of benzene rings is 2. The highest BCUT2D eigenvalue weighted by atomic mass is 16.2. The molecule has 3 heterocycles. The minimum atomic E-state index is -0.00829. The summed E-state index contributed by atoms with van der Waals surface area (Å²) in [5.74, 6) is 0. The van der Waals surface area contributed by atoms with E-state index in [9.17, 15) is 4.79 Å². The first-order valence-electron chi connectivity index (χ1n) is 7.98. The Balaban J connectivity index is 1.80. The molecule has 2 aliphatic heterocycles. The maximum Gasteiger partial charge on any atom is 0.325 e. The largest absolute Gasteiger partial charge is 0.356 e. The van der Waals surface area contributed by atoms with Crippen LogP contribution < -0.4 is 4.90 Å². The molecule has 0 bridgehead atoms. The van der Waals surface area contributed by atoms with Crippen LogP contribution in [0.2, 0.25) is 0 Å². The molecule has 23 heavy (non-hydrogen) atoms. The average molecular weight is 303 g/mol. The van der Waals surface area contributed by atoms with E-state index in [2.05, 4.69) is 41.4 Å². The summed E-state index contributed by atoms with van der Waals surface area (Å²) in [6.45, 7) is 0.761. The number of nitrogens with one attached hydrogen (secondary N) is 1. The number of hydrogen-bond acceptors (Lipinski definition) is 1. The third kappa shape index (κ3) is 1.58. The molecule has 1 atom stereocenters. The van der Waals surface area contributed by atoms with Crippen LogP contribution in [0.5, 0.6) is 0 Å². The van der Waals surface area contributed by atoms with Gasteiger partial charge in [0.25, 0.3) is 0 Å². The predicted octanol–water partition coefficient (Wildman–Crippen LogP) is 3.69. The number of aromatic amines is 1. The van der Waals surface area contributed by atoms with Crippen molar-refractivity contribution in [1.82, 2.24) is 9.88 Å². The van der Waals surface area contributed by atoms with Crippen molar-refractivity contribution < 1.29 is 4.79 Å².